The number of oxazole rings is 1. The predicted octanol–water partition coefficient (Wildman–Crippen LogP) is 1.34. The molecule has 0 spiro atoms. The molecule has 2 N–H and O–H groups in total. The molecular weight excluding hydrogens is 276 g/mol. The maximum Gasteiger partial charge on any atom is 0.357 e. The van der Waals surface area contributed by atoms with Crippen LogP contribution in [0.3, 0.4) is 0 Å². The van der Waals surface area contributed by atoms with Gasteiger partial charge in [-0.3, -0.25) is 4.79 Å². The summed E-state index contributed by atoms with van der Waals surface area (Å²) in [5.74, 6) is 1.28. The maximum absolute atomic E-state index is 11.7. The second-order valence-electron chi connectivity index (χ2n) is 4.59. The van der Waals surface area contributed by atoms with E-state index >= 15 is 0 Å². The highest BCUT2D eigenvalue weighted by atomic mass is 16.4. The van der Waals surface area contributed by atoms with Crippen LogP contribution in [0.15, 0.2) is 20.9 Å². The summed E-state index contributed by atoms with van der Waals surface area (Å²) in [4.78, 5) is 26.0. The van der Waals surface area contributed by atoms with E-state index in [1.54, 1.807) is 0 Å². The Hall–Kier alpha value is -2.69. The molecule has 1 aliphatic heterocycles. The number of carboxylic acids is 1. The summed E-state index contributed by atoms with van der Waals surface area (Å²) in [5.41, 5.74) is -0.675. The van der Waals surface area contributed by atoms with E-state index in [9.17, 15) is 9.59 Å². The molecule has 0 saturated carbocycles. The summed E-state index contributed by atoms with van der Waals surface area (Å²) in [6.07, 6.45) is 8.20. The lowest BCUT2D eigenvalue weighted by atomic mass is 10.0. The van der Waals surface area contributed by atoms with Crippen LogP contribution in [0.2, 0.25) is 0 Å². The number of amides is 1. The summed E-state index contributed by atoms with van der Waals surface area (Å²) >= 11 is 0. The van der Waals surface area contributed by atoms with Gasteiger partial charge in [0.05, 0.1) is 6.54 Å². The van der Waals surface area contributed by atoms with E-state index in [1.807, 2.05) is 0 Å². The summed E-state index contributed by atoms with van der Waals surface area (Å²) < 4.78 is 4.92. The lowest BCUT2D eigenvalue weighted by molar-refractivity contribution is -0.121. The Morgan fingerprint density at radius 2 is 2.19 bits per heavy atom. The minimum absolute atomic E-state index is 0.0394. The van der Waals surface area contributed by atoms with Crippen LogP contribution in [0.1, 0.15) is 42.1 Å². The van der Waals surface area contributed by atoms with Crippen molar-refractivity contribution in [1.82, 2.24) is 10.3 Å². The Balaban J connectivity index is 1.70. The third-order valence-electron chi connectivity index (χ3n) is 3.01. The molecule has 0 aromatic carbocycles. The van der Waals surface area contributed by atoms with Crippen LogP contribution in [-0.4, -0.2) is 27.6 Å². The fraction of sp³-hybridized carbons (Fsp3) is 0.462. The van der Waals surface area contributed by atoms with Gasteiger partial charge in [-0.1, -0.05) is 0 Å². The number of rotatable bonds is 8. The molecule has 1 aliphatic rings. The van der Waals surface area contributed by atoms with Gasteiger partial charge < -0.3 is 14.8 Å². The van der Waals surface area contributed by atoms with Gasteiger partial charge >= 0.3 is 5.97 Å². The van der Waals surface area contributed by atoms with Crippen LogP contribution in [0.5, 0.6) is 0 Å². The molecule has 0 radical (unpaired) electrons. The van der Waals surface area contributed by atoms with Gasteiger partial charge in [0.1, 0.15) is 6.26 Å². The fourth-order valence-electron chi connectivity index (χ4n) is 1.73. The van der Waals surface area contributed by atoms with Crippen LogP contribution >= 0.6 is 0 Å². The minimum atomic E-state index is -1.18. The van der Waals surface area contributed by atoms with E-state index in [1.165, 1.54) is 0 Å². The molecule has 0 unspecified atom stereocenters. The van der Waals surface area contributed by atoms with E-state index in [4.69, 9.17) is 15.9 Å². The van der Waals surface area contributed by atoms with Crippen LogP contribution in [0.4, 0.5) is 0 Å². The average Bonchev–Trinajstić information content (AvgIpc) is 3.07. The van der Waals surface area contributed by atoms with Crippen molar-refractivity contribution < 1.29 is 19.1 Å². The van der Waals surface area contributed by atoms with E-state index in [-0.39, 0.29) is 30.5 Å². The molecule has 8 heteroatoms. The van der Waals surface area contributed by atoms with E-state index < -0.39 is 11.6 Å². The molecule has 1 aromatic rings. The van der Waals surface area contributed by atoms with Gasteiger partial charge in [-0.25, -0.2) is 9.78 Å². The Bertz CT molecular complexity index is 608. The third kappa shape index (κ3) is 4.14. The standard InChI is InChI=1S/C13H14N4O4/c1-2-3-5-13(16-17-13)6-4-10(18)14-7-11-15-9(8-21-11)12(19)20/h1,8H,3-7H2,(H,14,18)(H,19,20). The van der Waals surface area contributed by atoms with Gasteiger partial charge in [-0.05, 0) is 0 Å². The minimum Gasteiger partial charge on any atom is -0.476 e. The first-order valence-corrected chi connectivity index (χ1v) is 6.36. The lowest BCUT2D eigenvalue weighted by Crippen LogP contribution is -2.25. The quantitative estimate of drug-likeness (QED) is 0.701. The third-order valence-corrected chi connectivity index (χ3v) is 3.01. The molecule has 0 atom stereocenters. The summed E-state index contributed by atoms with van der Waals surface area (Å²) in [6, 6.07) is 0. The van der Waals surface area contributed by atoms with Gasteiger partial charge in [-0.15, -0.1) is 12.3 Å². The highest BCUT2D eigenvalue weighted by Crippen LogP contribution is 2.37. The Morgan fingerprint density at radius 1 is 1.43 bits per heavy atom. The highest BCUT2D eigenvalue weighted by Gasteiger charge is 2.39. The highest BCUT2D eigenvalue weighted by molar-refractivity contribution is 5.84. The number of carbonyl (C=O) groups is 2. The van der Waals surface area contributed by atoms with Crippen molar-refractivity contribution in [2.24, 2.45) is 10.2 Å². The Morgan fingerprint density at radius 3 is 2.76 bits per heavy atom. The van der Waals surface area contributed by atoms with E-state index in [2.05, 4.69) is 26.4 Å². The van der Waals surface area contributed by atoms with E-state index in [0.29, 0.717) is 19.3 Å². The number of nitrogens with one attached hydrogen (secondary N) is 1. The number of carboxylic acid groups (broad SMARTS) is 1. The molecule has 0 fully saturated rings. The first-order chi connectivity index (χ1) is 10.0. The van der Waals surface area contributed by atoms with Gasteiger partial charge in [0, 0.05) is 25.7 Å². The van der Waals surface area contributed by atoms with Crippen LogP contribution < -0.4 is 5.32 Å². The summed E-state index contributed by atoms with van der Waals surface area (Å²) in [7, 11) is 0. The Labute approximate surface area is 120 Å². The summed E-state index contributed by atoms with van der Waals surface area (Å²) in [6.45, 7) is 0.0394. The van der Waals surface area contributed by atoms with Gasteiger partial charge in [0.15, 0.2) is 11.4 Å². The van der Waals surface area contributed by atoms with Crippen molar-refractivity contribution >= 4 is 11.9 Å². The molecule has 110 valence electrons. The van der Waals surface area contributed by atoms with Crippen LogP contribution in [0, 0.1) is 12.3 Å². The molecule has 2 heterocycles. The van der Waals surface area contributed by atoms with Crippen LogP contribution in [0.25, 0.3) is 0 Å². The van der Waals surface area contributed by atoms with Gasteiger partial charge in [0.25, 0.3) is 0 Å². The number of hydrogen-bond donors (Lipinski definition) is 2. The molecule has 1 aromatic heterocycles. The largest absolute Gasteiger partial charge is 0.476 e. The first kappa shape index (κ1) is 14.7. The van der Waals surface area contributed by atoms with Crippen molar-refractivity contribution in [2.75, 3.05) is 0 Å². The molecule has 21 heavy (non-hydrogen) atoms. The number of nitrogens with zero attached hydrogens (tertiary/aromatic N) is 3. The van der Waals surface area contributed by atoms with Crippen LogP contribution in [-0.2, 0) is 11.3 Å². The van der Waals surface area contributed by atoms with Crippen molar-refractivity contribution in [1.29, 1.82) is 0 Å². The smallest absolute Gasteiger partial charge is 0.357 e. The van der Waals surface area contributed by atoms with Crippen molar-refractivity contribution in [3.63, 3.8) is 0 Å². The zero-order valence-electron chi connectivity index (χ0n) is 11.2. The number of aromatic nitrogens is 1. The summed E-state index contributed by atoms with van der Waals surface area (Å²) in [5, 5.41) is 19.2. The van der Waals surface area contributed by atoms with Crippen molar-refractivity contribution in [3.05, 3.63) is 17.8 Å². The molecule has 0 bridgehead atoms. The molecule has 1 amide bonds. The maximum atomic E-state index is 11.7. The normalized spacial score (nSPS) is 14.4. The second kappa shape index (κ2) is 6.17. The second-order valence-corrected chi connectivity index (χ2v) is 4.59. The SMILES string of the molecule is C#CCCC1(CCC(=O)NCc2nc(C(=O)O)co2)N=N1. The zero-order valence-corrected chi connectivity index (χ0v) is 11.2. The monoisotopic (exact) mass is 290 g/mol. The van der Waals surface area contributed by atoms with Crippen molar-refractivity contribution in [3.8, 4) is 12.3 Å². The molecule has 8 nitrogen and oxygen atoms in total. The lowest BCUT2D eigenvalue weighted by Gasteiger charge is -2.08. The zero-order chi connectivity index (χ0) is 15.3. The van der Waals surface area contributed by atoms with E-state index in [0.717, 1.165) is 6.26 Å². The van der Waals surface area contributed by atoms with Gasteiger partial charge in [0.2, 0.25) is 11.8 Å². The molecule has 2 rings (SSSR count). The molecule has 0 aliphatic carbocycles. The number of aromatic carboxylic acids is 1. The number of hydrogen-bond acceptors (Lipinski definition) is 6. The average molecular weight is 290 g/mol. The Kier molecular flexibility index (Phi) is 4.33. The number of terminal acetylenes is 1. The fourth-order valence-corrected chi connectivity index (χ4v) is 1.73. The van der Waals surface area contributed by atoms with Gasteiger partial charge in [-0.2, -0.15) is 10.2 Å². The molecule has 0 saturated heterocycles. The van der Waals surface area contributed by atoms with Crippen molar-refractivity contribution in [2.45, 2.75) is 37.9 Å². The topological polar surface area (TPSA) is 117 Å². The molecular formula is C13H14N4O4. The first-order valence-electron chi connectivity index (χ1n) is 6.36. The number of carbonyl (C=O) groups excluding carboxylic acids is 1. The predicted molar refractivity (Wildman–Crippen MR) is 70.2 cm³/mol.